The molecule has 6 N–H and O–H groups in total. The summed E-state index contributed by atoms with van der Waals surface area (Å²) in [4.78, 5) is 26.4. The van der Waals surface area contributed by atoms with E-state index in [1.165, 1.54) is 6.33 Å². The lowest BCUT2D eigenvalue weighted by molar-refractivity contribution is -0.00428. The van der Waals surface area contributed by atoms with E-state index in [4.69, 9.17) is 45.7 Å². The van der Waals surface area contributed by atoms with Crippen LogP contribution >= 0.6 is 0 Å². The average Bonchev–Trinajstić information content (AvgIpc) is 3.74. The number of oxazole rings is 1. The number of nitrogens with two attached hydrogens (primary N) is 3. The highest BCUT2D eigenvalue weighted by Gasteiger charge is 2.19. The normalized spacial score (nSPS) is 13.9. The first kappa shape index (κ1) is 37.2. The Morgan fingerprint density at radius 2 is 1.42 bits per heavy atom. The zero-order valence-corrected chi connectivity index (χ0v) is 29.7. The number of aryl methyl sites for hydroxylation is 1. The minimum absolute atomic E-state index is 0.125. The Bertz CT molecular complexity index is 1810. The molecular formula is C35H50N12O5. The molecule has 1 aliphatic rings. The largest absolute Gasteiger partial charge is 0.424 e. The van der Waals surface area contributed by atoms with Crippen LogP contribution in [0.3, 0.4) is 0 Å². The lowest BCUT2D eigenvalue weighted by Gasteiger charge is -2.34. The Hall–Kier alpha value is -4.52. The van der Waals surface area contributed by atoms with Crippen LogP contribution in [0.2, 0.25) is 0 Å². The van der Waals surface area contributed by atoms with Crippen LogP contribution < -0.4 is 22.1 Å². The summed E-state index contributed by atoms with van der Waals surface area (Å²) in [5.74, 6) is 1.16. The number of nitrogen functional groups attached to an aromatic ring is 2. The van der Waals surface area contributed by atoms with E-state index in [0.29, 0.717) is 87.7 Å². The van der Waals surface area contributed by atoms with Gasteiger partial charge in [0.2, 0.25) is 5.95 Å². The van der Waals surface area contributed by atoms with Gasteiger partial charge in [-0.25, -0.2) is 24.6 Å². The van der Waals surface area contributed by atoms with Crippen molar-refractivity contribution < 1.29 is 23.4 Å². The standard InChI is InChI=1S/C35H50N12O5/c36-22-26-23-39-35(40-24-26)46-10-8-45(9-11-46)12-14-49-16-18-51-20-19-50-17-15-48-13-4-2-1-3-7-47-33-30(32(37)41-25-42-33)31(44-47)27-5-6-29-28(21-27)43-34(38)52-29/h5-6,21,23-25H,1-4,7-20,22,36H2,(H2,38,43)(H2,37,41,42). The van der Waals surface area contributed by atoms with Gasteiger partial charge in [0.25, 0.3) is 6.01 Å². The third-order valence-corrected chi connectivity index (χ3v) is 8.90. The molecule has 280 valence electrons. The van der Waals surface area contributed by atoms with Gasteiger partial charge in [0.15, 0.2) is 11.2 Å². The molecule has 52 heavy (non-hydrogen) atoms. The van der Waals surface area contributed by atoms with E-state index < -0.39 is 0 Å². The average molecular weight is 719 g/mol. The highest BCUT2D eigenvalue weighted by molar-refractivity contribution is 5.99. The summed E-state index contributed by atoms with van der Waals surface area (Å²) in [5.41, 5.74) is 22.1. The molecule has 4 aromatic heterocycles. The van der Waals surface area contributed by atoms with Gasteiger partial charge in [-0.3, -0.25) is 4.90 Å². The number of benzene rings is 1. The van der Waals surface area contributed by atoms with Crippen LogP contribution in [0.25, 0.3) is 33.4 Å². The quantitative estimate of drug-likeness (QED) is 0.0876. The summed E-state index contributed by atoms with van der Waals surface area (Å²) >= 11 is 0. The molecule has 0 saturated carbocycles. The van der Waals surface area contributed by atoms with E-state index in [0.717, 1.165) is 87.4 Å². The fourth-order valence-electron chi connectivity index (χ4n) is 6.04. The Kier molecular flexibility index (Phi) is 13.9. The summed E-state index contributed by atoms with van der Waals surface area (Å²) < 4.78 is 30.1. The van der Waals surface area contributed by atoms with Crippen molar-refractivity contribution in [3.63, 3.8) is 0 Å². The van der Waals surface area contributed by atoms with Crippen LogP contribution in [-0.2, 0) is 32.0 Å². The molecule has 0 bridgehead atoms. The van der Waals surface area contributed by atoms with Gasteiger partial charge in [-0.15, -0.1) is 0 Å². The predicted octanol–water partition coefficient (Wildman–Crippen LogP) is 2.50. The van der Waals surface area contributed by atoms with E-state index in [2.05, 4.69) is 34.7 Å². The van der Waals surface area contributed by atoms with Gasteiger partial charge in [-0.1, -0.05) is 12.8 Å². The van der Waals surface area contributed by atoms with E-state index in [1.807, 2.05) is 22.9 Å². The molecule has 1 fully saturated rings. The molecule has 5 heterocycles. The van der Waals surface area contributed by atoms with Crippen molar-refractivity contribution in [2.75, 3.05) is 102 Å². The first-order valence-electron chi connectivity index (χ1n) is 18.0. The van der Waals surface area contributed by atoms with Crippen LogP contribution in [0.1, 0.15) is 31.2 Å². The second kappa shape index (κ2) is 19.4. The van der Waals surface area contributed by atoms with Crippen LogP contribution in [0, 0.1) is 0 Å². The number of piperazine rings is 1. The monoisotopic (exact) mass is 718 g/mol. The zero-order chi connectivity index (χ0) is 36.0. The number of aromatic nitrogens is 7. The highest BCUT2D eigenvalue weighted by Crippen LogP contribution is 2.32. The summed E-state index contributed by atoms with van der Waals surface area (Å²) in [6, 6.07) is 5.75. The van der Waals surface area contributed by atoms with Crippen LogP contribution in [0.5, 0.6) is 0 Å². The third-order valence-electron chi connectivity index (χ3n) is 8.90. The smallest absolute Gasteiger partial charge is 0.292 e. The Labute approximate surface area is 302 Å². The van der Waals surface area contributed by atoms with Crippen LogP contribution in [-0.4, -0.2) is 125 Å². The SMILES string of the molecule is NCc1cnc(N2CCN(CCOCCOCCOCCOCCCCCCn3nc(-c4ccc5oc(N)nc5c4)c4c(N)ncnc43)CC2)nc1. The number of rotatable bonds is 22. The number of nitrogens with zero attached hydrogens (tertiary/aromatic N) is 9. The maximum atomic E-state index is 6.26. The Balaban J connectivity index is 0.742. The number of unbranched alkanes of at least 4 members (excludes halogenated alkanes) is 3. The van der Waals surface area contributed by atoms with Gasteiger partial charge in [0.1, 0.15) is 23.4 Å². The second-order valence-corrected chi connectivity index (χ2v) is 12.6. The van der Waals surface area contributed by atoms with Gasteiger partial charge in [-0.05, 0) is 31.0 Å². The first-order chi connectivity index (χ1) is 25.6. The van der Waals surface area contributed by atoms with Crippen molar-refractivity contribution in [2.24, 2.45) is 5.73 Å². The second-order valence-electron chi connectivity index (χ2n) is 12.6. The summed E-state index contributed by atoms with van der Waals surface area (Å²) in [5, 5.41) is 5.58. The number of fused-ring (bicyclic) bond motifs is 2. The number of hydrogen-bond donors (Lipinski definition) is 3. The third kappa shape index (κ3) is 10.3. The van der Waals surface area contributed by atoms with E-state index >= 15 is 0 Å². The maximum Gasteiger partial charge on any atom is 0.292 e. The Morgan fingerprint density at radius 1 is 0.731 bits per heavy atom. The molecule has 17 heteroatoms. The van der Waals surface area contributed by atoms with Crippen molar-refractivity contribution in [2.45, 2.75) is 38.8 Å². The van der Waals surface area contributed by atoms with Gasteiger partial charge in [0.05, 0.1) is 51.6 Å². The van der Waals surface area contributed by atoms with E-state index in [-0.39, 0.29) is 6.01 Å². The Morgan fingerprint density at radius 3 is 2.15 bits per heavy atom. The molecule has 0 radical (unpaired) electrons. The van der Waals surface area contributed by atoms with Crippen molar-refractivity contribution >= 4 is 39.9 Å². The summed E-state index contributed by atoms with van der Waals surface area (Å²) in [6.07, 6.45) is 9.11. The lowest BCUT2D eigenvalue weighted by atomic mass is 10.1. The highest BCUT2D eigenvalue weighted by atomic mass is 16.6. The van der Waals surface area contributed by atoms with Gasteiger partial charge in [0, 0.05) is 75.9 Å². The molecule has 0 aliphatic carbocycles. The van der Waals surface area contributed by atoms with Crippen molar-refractivity contribution in [1.29, 1.82) is 0 Å². The minimum atomic E-state index is 0.125. The van der Waals surface area contributed by atoms with Crippen LogP contribution in [0.4, 0.5) is 17.8 Å². The van der Waals surface area contributed by atoms with E-state index in [1.54, 1.807) is 12.4 Å². The fourth-order valence-corrected chi connectivity index (χ4v) is 6.04. The molecular weight excluding hydrogens is 668 g/mol. The molecule has 1 saturated heterocycles. The number of hydrogen-bond acceptors (Lipinski definition) is 16. The molecule has 0 atom stereocenters. The van der Waals surface area contributed by atoms with Crippen molar-refractivity contribution in [3.05, 3.63) is 42.5 Å². The van der Waals surface area contributed by atoms with E-state index in [9.17, 15) is 0 Å². The number of anilines is 3. The topological polar surface area (TPSA) is 217 Å². The van der Waals surface area contributed by atoms with Crippen molar-refractivity contribution in [3.8, 4) is 11.3 Å². The molecule has 0 amide bonds. The van der Waals surface area contributed by atoms with Gasteiger partial charge < -0.3 is 45.5 Å². The lowest BCUT2D eigenvalue weighted by Crippen LogP contribution is -2.47. The molecule has 5 aromatic rings. The fraction of sp³-hybridized carbons (Fsp3) is 0.543. The maximum absolute atomic E-state index is 6.26. The molecule has 17 nitrogen and oxygen atoms in total. The van der Waals surface area contributed by atoms with Crippen molar-refractivity contribution in [1.82, 2.24) is 39.6 Å². The summed E-state index contributed by atoms with van der Waals surface area (Å²) in [6.45, 7) is 10.5. The van der Waals surface area contributed by atoms with Gasteiger partial charge >= 0.3 is 0 Å². The van der Waals surface area contributed by atoms with Crippen LogP contribution in [0.15, 0.2) is 41.3 Å². The predicted molar refractivity (Wildman–Crippen MR) is 197 cm³/mol. The zero-order valence-electron chi connectivity index (χ0n) is 29.7. The molecule has 0 spiro atoms. The molecule has 1 aromatic carbocycles. The molecule has 0 unspecified atom stereocenters. The minimum Gasteiger partial charge on any atom is -0.424 e. The first-order valence-corrected chi connectivity index (χ1v) is 18.0. The summed E-state index contributed by atoms with van der Waals surface area (Å²) in [7, 11) is 0. The molecule has 6 rings (SSSR count). The number of ether oxygens (including phenoxy) is 4. The molecule has 1 aliphatic heterocycles. The van der Waals surface area contributed by atoms with Gasteiger partial charge in [-0.2, -0.15) is 10.1 Å².